The van der Waals surface area contributed by atoms with E-state index in [0.29, 0.717) is 10.8 Å². The van der Waals surface area contributed by atoms with Crippen LogP contribution in [0.3, 0.4) is 0 Å². The first-order valence-corrected chi connectivity index (χ1v) is 5.08. The summed E-state index contributed by atoms with van der Waals surface area (Å²) in [5.41, 5.74) is 1.78. The summed E-state index contributed by atoms with van der Waals surface area (Å²) in [4.78, 5) is 0.607. The third kappa shape index (κ3) is 0.586. The molecule has 1 saturated carbocycles. The van der Waals surface area contributed by atoms with Gasteiger partial charge >= 0.3 is 0 Å². The van der Waals surface area contributed by atoms with Gasteiger partial charge in [-0.25, -0.2) is 0 Å². The van der Waals surface area contributed by atoms with E-state index in [2.05, 4.69) is 30.6 Å². The Balaban J connectivity index is 2.32. The van der Waals surface area contributed by atoms with E-state index in [9.17, 15) is 5.21 Å². The molecule has 1 fully saturated rings. The molecule has 76 valence electrons. The molecule has 14 heavy (non-hydrogen) atoms. The van der Waals surface area contributed by atoms with E-state index in [0.717, 1.165) is 24.2 Å². The first-order valence-electron chi connectivity index (χ1n) is 5.08. The zero-order valence-electron chi connectivity index (χ0n) is 8.70. The second-order valence-corrected chi connectivity index (χ2v) is 5.31. The molecular formula is C10H14N2O2. The Morgan fingerprint density at radius 1 is 1.50 bits per heavy atom. The minimum absolute atomic E-state index is 0.0469. The van der Waals surface area contributed by atoms with Gasteiger partial charge in [-0.2, -0.15) is 0 Å². The van der Waals surface area contributed by atoms with E-state index < -0.39 is 0 Å². The molecule has 4 heteroatoms. The zero-order valence-corrected chi connectivity index (χ0v) is 8.70. The molecule has 0 radical (unpaired) electrons. The second-order valence-electron chi connectivity index (χ2n) is 5.31. The molecule has 0 amide bonds. The van der Waals surface area contributed by atoms with Crippen molar-refractivity contribution in [3.63, 3.8) is 0 Å². The van der Waals surface area contributed by atoms with Crippen LogP contribution in [-0.4, -0.2) is 5.16 Å². The normalized spacial score (nSPS) is 37.5. The number of nitrogens with zero attached hydrogens (tertiary/aromatic N) is 2. The molecule has 0 N–H and O–H groups in total. The van der Waals surface area contributed by atoms with E-state index in [1.165, 1.54) is 0 Å². The van der Waals surface area contributed by atoms with Crippen LogP contribution in [0, 0.1) is 10.6 Å². The maximum Gasteiger partial charge on any atom is 0.225 e. The van der Waals surface area contributed by atoms with E-state index >= 15 is 0 Å². The average molecular weight is 194 g/mol. The fraction of sp³-hybridized carbons (Fsp3) is 0.800. The fourth-order valence-corrected chi connectivity index (χ4v) is 3.37. The molecule has 2 atom stereocenters. The van der Waals surface area contributed by atoms with Gasteiger partial charge in [-0.3, -0.25) is 4.63 Å². The van der Waals surface area contributed by atoms with Crippen LogP contribution in [0.1, 0.15) is 50.9 Å². The summed E-state index contributed by atoms with van der Waals surface area (Å²) in [5, 5.41) is 15.4. The minimum atomic E-state index is -0.0469. The molecule has 0 aliphatic heterocycles. The Kier molecular flexibility index (Phi) is 1.16. The quantitative estimate of drug-likeness (QED) is 0.588. The standard InChI is InChI=1S/C10H14N2O2/c1-9(2)6-4-5-10(9,3)8-7(6)11-14-12(8)13/h6H,4-5H2,1-3H3/t6-,10+/m1/s1. The highest BCUT2D eigenvalue weighted by atomic mass is 16.8. The lowest BCUT2D eigenvalue weighted by Gasteiger charge is -2.32. The Bertz CT molecular complexity index is 410. The van der Waals surface area contributed by atoms with Crippen molar-refractivity contribution in [1.29, 1.82) is 0 Å². The fourth-order valence-electron chi connectivity index (χ4n) is 3.37. The zero-order chi connectivity index (χ0) is 10.1. The molecule has 4 nitrogen and oxygen atoms in total. The van der Waals surface area contributed by atoms with Gasteiger partial charge in [0.25, 0.3) is 0 Å². The van der Waals surface area contributed by atoms with Gasteiger partial charge < -0.3 is 5.21 Å². The number of rotatable bonds is 0. The smallest absolute Gasteiger partial charge is 0.225 e. The monoisotopic (exact) mass is 194 g/mol. The van der Waals surface area contributed by atoms with E-state index in [4.69, 9.17) is 0 Å². The molecule has 0 unspecified atom stereocenters. The molecule has 1 aromatic rings. The summed E-state index contributed by atoms with van der Waals surface area (Å²) < 4.78 is 4.69. The molecular weight excluding hydrogens is 180 g/mol. The lowest BCUT2D eigenvalue weighted by atomic mass is 9.70. The van der Waals surface area contributed by atoms with E-state index in [1.807, 2.05) is 0 Å². The molecule has 2 bridgehead atoms. The van der Waals surface area contributed by atoms with Crippen molar-refractivity contribution < 1.29 is 9.53 Å². The van der Waals surface area contributed by atoms with Crippen molar-refractivity contribution >= 4 is 0 Å². The highest BCUT2D eigenvalue weighted by molar-refractivity contribution is 5.37. The van der Waals surface area contributed by atoms with Crippen molar-refractivity contribution in [2.75, 3.05) is 0 Å². The first kappa shape index (κ1) is 8.26. The van der Waals surface area contributed by atoms with E-state index in [1.54, 1.807) is 0 Å². The number of fused-ring (bicyclic) bond motifs is 5. The van der Waals surface area contributed by atoms with Crippen LogP contribution in [0.15, 0.2) is 4.63 Å². The number of aromatic nitrogens is 2. The van der Waals surface area contributed by atoms with Crippen LogP contribution in [0.5, 0.6) is 0 Å². The first-order chi connectivity index (χ1) is 6.48. The van der Waals surface area contributed by atoms with Crippen LogP contribution in [0.4, 0.5) is 0 Å². The number of hydrogen-bond acceptors (Lipinski definition) is 3. The van der Waals surface area contributed by atoms with Gasteiger partial charge in [0.15, 0.2) is 0 Å². The lowest BCUT2D eigenvalue weighted by Crippen LogP contribution is -2.41. The van der Waals surface area contributed by atoms with Crippen molar-refractivity contribution in [3.05, 3.63) is 16.6 Å². The summed E-state index contributed by atoms with van der Waals surface area (Å²) in [6.07, 6.45) is 2.20. The maximum absolute atomic E-state index is 11.5. The van der Waals surface area contributed by atoms with Crippen molar-refractivity contribution in [1.82, 2.24) is 5.16 Å². The molecule has 2 aliphatic carbocycles. The van der Waals surface area contributed by atoms with Crippen LogP contribution >= 0.6 is 0 Å². The van der Waals surface area contributed by atoms with Crippen LogP contribution in [0.25, 0.3) is 0 Å². The lowest BCUT2D eigenvalue weighted by molar-refractivity contribution is -0.810. The van der Waals surface area contributed by atoms with E-state index in [-0.39, 0.29) is 10.8 Å². The predicted octanol–water partition coefficient (Wildman–Crippen LogP) is 1.48. The Labute approximate surface area is 82.4 Å². The van der Waals surface area contributed by atoms with Gasteiger partial charge in [0.2, 0.25) is 11.4 Å². The SMILES string of the molecule is CC1(C)[C@@H]2CC[C@@]1(C)c1c2no[n+]1[O-]. The summed E-state index contributed by atoms with van der Waals surface area (Å²) in [5.74, 6) is 0.404. The van der Waals surface area contributed by atoms with Gasteiger partial charge in [0.1, 0.15) is 0 Å². The largest absolute Gasteiger partial charge is 0.359 e. The minimum Gasteiger partial charge on any atom is -0.359 e. The highest BCUT2D eigenvalue weighted by Crippen LogP contribution is 2.66. The third-order valence-electron chi connectivity index (χ3n) is 4.72. The highest BCUT2D eigenvalue weighted by Gasteiger charge is 2.66. The Morgan fingerprint density at radius 2 is 2.21 bits per heavy atom. The molecule has 2 aliphatic rings. The molecule has 1 aromatic heterocycles. The average Bonchev–Trinajstić information content (AvgIpc) is 2.62. The third-order valence-corrected chi connectivity index (χ3v) is 4.72. The van der Waals surface area contributed by atoms with Crippen LogP contribution in [-0.2, 0) is 5.41 Å². The van der Waals surface area contributed by atoms with Gasteiger partial charge in [-0.1, -0.05) is 20.8 Å². The molecule has 1 heterocycles. The van der Waals surface area contributed by atoms with Gasteiger partial charge in [-0.05, 0) is 23.2 Å². The van der Waals surface area contributed by atoms with Crippen molar-refractivity contribution in [3.8, 4) is 0 Å². The van der Waals surface area contributed by atoms with Crippen LogP contribution in [0.2, 0.25) is 0 Å². The number of hydrogen-bond donors (Lipinski definition) is 0. The predicted molar refractivity (Wildman–Crippen MR) is 48.6 cm³/mol. The van der Waals surface area contributed by atoms with Crippen molar-refractivity contribution in [2.24, 2.45) is 5.41 Å². The van der Waals surface area contributed by atoms with Gasteiger partial charge in [-0.15, -0.1) is 0 Å². The summed E-state index contributed by atoms with van der Waals surface area (Å²) in [7, 11) is 0. The topological polar surface area (TPSA) is 53.0 Å². The van der Waals surface area contributed by atoms with Crippen LogP contribution < -0.4 is 4.90 Å². The molecule has 0 aromatic carbocycles. The van der Waals surface area contributed by atoms with Crippen molar-refractivity contribution in [2.45, 2.75) is 44.9 Å². The maximum atomic E-state index is 11.5. The second kappa shape index (κ2) is 1.97. The molecule has 0 saturated heterocycles. The Morgan fingerprint density at radius 3 is 2.86 bits per heavy atom. The summed E-state index contributed by atoms with van der Waals surface area (Å²) in [6.45, 7) is 6.61. The summed E-state index contributed by atoms with van der Waals surface area (Å²) >= 11 is 0. The van der Waals surface area contributed by atoms with Gasteiger partial charge in [0, 0.05) is 16.5 Å². The molecule has 0 spiro atoms. The van der Waals surface area contributed by atoms with Gasteiger partial charge in [0.05, 0.1) is 0 Å². The summed E-state index contributed by atoms with van der Waals surface area (Å²) in [6, 6.07) is 0. The Hall–Kier alpha value is -1.06. The molecule has 3 rings (SSSR count).